The largest absolute Gasteiger partial charge is 0.348 e. The summed E-state index contributed by atoms with van der Waals surface area (Å²) >= 11 is 0. The van der Waals surface area contributed by atoms with Gasteiger partial charge >= 0.3 is 0 Å². The van der Waals surface area contributed by atoms with E-state index in [9.17, 15) is 0 Å². The van der Waals surface area contributed by atoms with Gasteiger partial charge in [0.05, 0.1) is 13.2 Å². The number of hydrogen-bond acceptors (Lipinski definition) is 2. The highest BCUT2D eigenvalue weighted by Gasteiger charge is 2.31. The third-order valence-corrected chi connectivity index (χ3v) is 10.1. The molecule has 0 amide bonds. The van der Waals surface area contributed by atoms with Crippen molar-refractivity contribution in [2.24, 2.45) is 23.7 Å². The third-order valence-electron chi connectivity index (χ3n) is 10.1. The van der Waals surface area contributed by atoms with Gasteiger partial charge in [0.25, 0.3) is 0 Å². The Morgan fingerprint density at radius 2 is 1.23 bits per heavy atom. The van der Waals surface area contributed by atoms with E-state index in [4.69, 9.17) is 9.47 Å². The molecular formula is C35H48F2O2. The Hall–Kier alpha value is -1.78. The lowest BCUT2D eigenvalue weighted by molar-refractivity contribution is -0.205. The predicted molar refractivity (Wildman–Crippen MR) is 155 cm³/mol. The van der Waals surface area contributed by atoms with Gasteiger partial charge in [0.15, 0.2) is 6.29 Å². The van der Waals surface area contributed by atoms with Gasteiger partial charge in [-0.05, 0) is 86.3 Å². The van der Waals surface area contributed by atoms with Gasteiger partial charge < -0.3 is 9.47 Å². The first-order chi connectivity index (χ1) is 19.1. The molecular weight excluding hydrogens is 490 g/mol. The van der Waals surface area contributed by atoms with Crippen LogP contribution in [0.4, 0.5) is 8.78 Å². The quantitative estimate of drug-likeness (QED) is 0.296. The fraction of sp³-hybridized carbons (Fsp3) is 0.657. The Kier molecular flexibility index (Phi) is 10.1. The molecule has 0 bridgehead atoms. The summed E-state index contributed by atoms with van der Waals surface area (Å²) in [5.74, 6) is 2.73. The number of hydrogen-bond donors (Lipinski definition) is 0. The number of unbranched alkanes of at least 4 members (excludes halogenated alkanes) is 2. The predicted octanol–water partition coefficient (Wildman–Crippen LogP) is 10.4. The van der Waals surface area contributed by atoms with Crippen molar-refractivity contribution in [1.29, 1.82) is 0 Å². The summed E-state index contributed by atoms with van der Waals surface area (Å²) < 4.78 is 42.0. The van der Waals surface area contributed by atoms with Crippen LogP contribution in [-0.2, 0) is 9.47 Å². The van der Waals surface area contributed by atoms with Crippen molar-refractivity contribution < 1.29 is 18.3 Å². The second-order valence-corrected chi connectivity index (χ2v) is 12.6. The van der Waals surface area contributed by atoms with Crippen LogP contribution >= 0.6 is 0 Å². The fourth-order valence-corrected chi connectivity index (χ4v) is 7.43. The smallest absolute Gasteiger partial charge is 0.183 e. The Balaban J connectivity index is 1.15. The molecule has 2 aliphatic carbocycles. The second kappa shape index (κ2) is 13.7. The van der Waals surface area contributed by atoms with Crippen LogP contribution < -0.4 is 0 Å². The number of rotatable bonds is 9. The Labute approximate surface area is 234 Å². The minimum Gasteiger partial charge on any atom is -0.348 e. The second-order valence-electron chi connectivity index (χ2n) is 12.6. The molecule has 214 valence electrons. The van der Waals surface area contributed by atoms with Crippen molar-refractivity contribution in [2.45, 2.75) is 110 Å². The van der Waals surface area contributed by atoms with Crippen molar-refractivity contribution in [3.63, 3.8) is 0 Å². The molecule has 2 nitrogen and oxygen atoms in total. The summed E-state index contributed by atoms with van der Waals surface area (Å²) in [4.78, 5) is 0. The van der Waals surface area contributed by atoms with Crippen LogP contribution in [0.15, 0.2) is 36.4 Å². The monoisotopic (exact) mass is 538 g/mol. The molecule has 4 heteroatoms. The van der Waals surface area contributed by atoms with Crippen LogP contribution in [0.2, 0.25) is 0 Å². The van der Waals surface area contributed by atoms with E-state index in [1.54, 1.807) is 24.3 Å². The molecule has 2 aromatic carbocycles. The van der Waals surface area contributed by atoms with Gasteiger partial charge in [-0.3, -0.25) is 0 Å². The molecule has 2 saturated carbocycles. The molecule has 0 unspecified atom stereocenters. The van der Waals surface area contributed by atoms with E-state index in [1.165, 1.54) is 70.3 Å². The SMILES string of the molecule is CCCCCC1CCC(C2CCC(c3ccc(-c4ccc(C5OCC(CC)CO5)cc4F)c(F)c3)CC2)CC1. The van der Waals surface area contributed by atoms with E-state index in [2.05, 4.69) is 13.8 Å². The van der Waals surface area contributed by atoms with Crippen molar-refractivity contribution in [1.82, 2.24) is 0 Å². The fourth-order valence-electron chi connectivity index (χ4n) is 7.43. The van der Waals surface area contributed by atoms with Gasteiger partial charge in [0.1, 0.15) is 11.6 Å². The van der Waals surface area contributed by atoms with Crippen LogP contribution in [0, 0.1) is 35.3 Å². The van der Waals surface area contributed by atoms with Crippen molar-refractivity contribution >= 4 is 0 Å². The van der Waals surface area contributed by atoms with Gasteiger partial charge in [-0.1, -0.05) is 76.6 Å². The molecule has 3 fully saturated rings. The average Bonchev–Trinajstić information content (AvgIpc) is 2.98. The number of ether oxygens (including phenoxy) is 2. The summed E-state index contributed by atoms with van der Waals surface area (Å²) in [5, 5.41) is 0. The average molecular weight is 539 g/mol. The zero-order valence-electron chi connectivity index (χ0n) is 24.1. The normalized spacial score (nSPS) is 29.8. The highest BCUT2D eigenvalue weighted by Crippen LogP contribution is 2.45. The van der Waals surface area contributed by atoms with Gasteiger partial charge in [-0.15, -0.1) is 0 Å². The first kappa shape index (κ1) is 28.7. The van der Waals surface area contributed by atoms with Crippen LogP contribution in [0.1, 0.15) is 121 Å². The molecule has 2 aromatic rings. The van der Waals surface area contributed by atoms with Gasteiger partial charge in [-0.25, -0.2) is 8.78 Å². The highest BCUT2D eigenvalue weighted by atomic mass is 19.1. The zero-order chi connectivity index (χ0) is 27.2. The lowest BCUT2D eigenvalue weighted by atomic mass is 9.68. The molecule has 1 aliphatic heterocycles. The van der Waals surface area contributed by atoms with Crippen LogP contribution in [0.25, 0.3) is 11.1 Å². The van der Waals surface area contributed by atoms with E-state index < -0.39 is 12.1 Å². The van der Waals surface area contributed by atoms with E-state index in [1.807, 2.05) is 6.07 Å². The maximum atomic E-state index is 15.3. The topological polar surface area (TPSA) is 18.5 Å². The van der Waals surface area contributed by atoms with E-state index in [0.29, 0.717) is 41.7 Å². The van der Waals surface area contributed by atoms with E-state index >= 15 is 8.78 Å². The first-order valence-corrected chi connectivity index (χ1v) is 15.9. The Bertz CT molecular complexity index is 1040. The number of benzene rings is 2. The highest BCUT2D eigenvalue weighted by molar-refractivity contribution is 5.65. The van der Waals surface area contributed by atoms with Gasteiger partial charge in [0.2, 0.25) is 0 Å². The maximum absolute atomic E-state index is 15.3. The molecule has 39 heavy (non-hydrogen) atoms. The van der Waals surface area contributed by atoms with Gasteiger partial charge in [0, 0.05) is 22.6 Å². The molecule has 5 rings (SSSR count). The van der Waals surface area contributed by atoms with E-state index in [0.717, 1.165) is 42.6 Å². The third kappa shape index (κ3) is 7.11. The summed E-state index contributed by atoms with van der Waals surface area (Å²) in [7, 11) is 0. The molecule has 0 N–H and O–H groups in total. The summed E-state index contributed by atoms with van der Waals surface area (Å²) in [5.41, 5.74) is 2.33. The lowest BCUT2D eigenvalue weighted by Gasteiger charge is -2.38. The maximum Gasteiger partial charge on any atom is 0.183 e. The molecule has 0 atom stereocenters. The molecule has 1 heterocycles. The molecule has 0 aromatic heterocycles. The zero-order valence-corrected chi connectivity index (χ0v) is 24.1. The van der Waals surface area contributed by atoms with Crippen LogP contribution in [0.3, 0.4) is 0 Å². The number of halogens is 2. The Morgan fingerprint density at radius 1 is 0.667 bits per heavy atom. The minimum absolute atomic E-state index is 0.291. The van der Waals surface area contributed by atoms with Gasteiger partial charge in [-0.2, -0.15) is 0 Å². The lowest BCUT2D eigenvalue weighted by Crippen LogP contribution is -2.26. The minimum atomic E-state index is -0.556. The van der Waals surface area contributed by atoms with E-state index in [-0.39, 0.29) is 5.82 Å². The molecule has 0 spiro atoms. The summed E-state index contributed by atoms with van der Waals surface area (Å²) in [6, 6.07) is 10.3. The molecule has 3 aliphatic rings. The van der Waals surface area contributed by atoms with Crippen molar-refractivity contribution in [3.05, 3.63) is 59.2 Å². The Morgan fingerprint density at radius 3 is 1.79 bits per heavy atom. The molecule has 1 saturated heterocycles. The summed E-state index contributed by atoms with van der Waals surface area (Å²) in [6.45, 7) is 5.63. The van der Waals surface area contributed by atoms with Crippen LogP contribution in [0.5, 0.6) is 0 Å². The summed E-state index contributed by atoms with van der Waals surface area (Å²) in [6.07, 6.45) is 16.5. The van der Waals surface area contributed by atoms with Crippen molar-refractivity contribution in [3.8, 4) is 11.1 Å². The standard InChI is InChI=1S/C35H48F2O2/c1-3-5-6-7-25-8-10-26(11-9-25)27-12-14-28(15-13-27)29-16-18-31(33(36)20-29)32-19-17-30(21-34(32)37)35-38-22-24(4-2)23-39-35/h16-21,24-28,35H,3-15,22-23H2,1-2H3. The van der Waals surface area contributed by atoms with Crippen molar-refractivity contribution in [2.75, 3.05) is 13.2 Å². The van der Waals surface area contributed by atoms with Crippen LogP contribution in [-0.4, -0.2) is 13.2 Å². The molecule has 0 radical (unpaired) electrons. The first-order valence-electron chi connectivity index (χ1n) is 15.9.